The Hall–Kier alpha value is -2.28. The molecule has 3 rings (SSSR count). The fraction of sp³-hybridized carbons (Fsp3) is 0.353. The lowest BCUT2D eigenvalue weighted by Crippen LogP contribution is -2.37. The highest BCUT2D eigenvalue weighted by molar-refractivity contribution is 9.09. The number of nitrogens with one attached hydrogen (secondary N) is 1. The van der Waals surface area contributed by atoms with E-state index in [4.69, 9.17) is 13.7 Å². The summed E-state index contributed by atoms with van der Waals surface area (Å²) < 4.78 is 40.5. The second-order valence-corrected chi connectivity index (χ2v) is 8.91. The minimum Gasteiger partial charge on any atom is -0.459 e. The topological polar surface area (TPSA) is 134 Å². The number of esters is 1. The first-order valence-electron chi connectivity index (χ1n) is 8.37. The molecule has 0 spiro atoms. The lowest BCUT2D eigenvalue weighted by Gasteiger charge is -2.19. The van der Waals surface area contributed by atoms with Crippen LogP contribution in [0.5, 0.6) is 0 Å². The van der Waals surface area contributed by atoms with E-state index in [0.717, 1.165) is 16.9 Å². The number of aromatic nitrogens is 2. The molecule has 12 heteroatoms. The highest BCUT2D eigenvalue weighted by atomic mass is 79.9. The summed E-state index contributed by atoms with van der Waals surface area (Å²) in [7, 11) is -3.88. The predicted molar refractivity (Wildman–Crippen MR) is 104 cm³/mol. The lowest BCUT2D eigenvalue weighted by molar-refractivity contribution is -0.0487. The number of halogens is 1. The molecule has 0 saturated carbocycles. The molecule has 0 aliphatic carbocycles. The van der Waals surface area contributed by atoms with Gasteiger partial charge in [-0.05, 0) is 12.1 Å². The van der Waals surface area contributed by atoms with E-state index in [-0.39, 0.29) is 6.61 Å². The first-order valence-corrected chi connectivity index (χ1v) is 11.1. The van der Waals surface area contributed by atoms with E-state index >= 15 is 0 Å². The Morgan fingerprint density at radius 1 is 1.24 bits per heavy atom. The smallest absolute Gasteiger partial charge is 0.338 e. The number of nitrogens with zero attached hydrogens (tertiary/aromatic N) is 1. The van der Waals surface area contributed by atoms with Crippen molar-refractivity contribution in [3.05, 3.63) is 69.0 Å². The molecule has 1 aliphatic rings. The van der Waals surface area contributed by atoms with E-state index in [9.17, 15) is 22.8 Å². The van der Waals surface area contributed by atoms with Gasteiger partial charge >= 0.3 is 11.7 Å². The molecule has 156 valence electrons. The molecule has 0 amide bonds. The molecule has 1 aromatic carbocycles. The SMILES string of the molecule is CS(=O)(=O)O[C@H]1[C@@H](Br)[C@H](n2ccc(=O)[nH]c2=O)O[C@@H]1COC(=O)c1ccccc1. The number of benzene rings is 1. The summed E-state index contributed by atoms with van der Waals surface area (Å²) in [4.78, 5) is 36.8. The summed E-state index contributed by atoms with van der Waals surface area (Å²) in [5, 5.41) is 0. The van der Waals surface area contributed by atoms with Crippen molar-refractivity contribution >= 4 is 32.0 Å². The van der Waals surface area contributed by atoms with Gasteiger partial charge in [0.15, 0.2) is 6.23 Å². The molecular weight excluding hydrogens is 472 g/mol. The Kier molecular flexibility index (Phi) is 6.36. The van der Waals surface area contributed by atoms with Gasteiger partial charge in [0.25, 0.3) is 15.7 Å². The van der Waals surface area contributed by atoms with Crippen LogP contribution in [0.4, 0.5) is 0 Å². The molecule has 10 nitrogen and oxygen atoms in total. The number of carbonyl (C=O) groups is 1. The maximum atomic E-state index is 12.2. The third-order valence-electron chi connectivity index (χ3n) is 4.07. The molecule has 1 aliphatic heterocycles. The van der Waals surface area contributed by atoms with Crippen molar-refractivity contribution < 1.29 is 26.9 Å². The van der Waals surface area contributed by atoms with Crippen molar-refractivity contribution in [2.75, 3.05) is 12.9 Å². The Balaban J connectivity index is 1.82. The molecular formula is C17H17BrN2O8S. The van der Waals surface area contributed by atoms with E-state index in [1.807, 2.05) is 0 Å². The van der Waals surface area contributed by atoms with Crippen LogP contribution in [0.1, 0.15) is 16.6 Å². The average molecular weight is 489 g/mol. The van der Waals surface area contributed by atoms with Crippen molar-refractivity contribution in [2.45, 2.75) is 23.3 Å². The number of alkyl halides is 1. The van der Waals surface area contributed by atoms with Gasteiger partial charge in [0, 0.05) is 12.3 Å². The number of hydrogen-bond donors (Lipinski definition) is 1. The van der Waals surface area contributed by atoms with Crippen LogP contribution < -0.4 is 11.2 Å². The first kappa shape index (κ1) is 21.4. The number of aromatic amines is 1. The number of hydrogen-bond acceptors (Lipinski definition) is 8. The van der Waals surface area contributed by atoms with Crippen molar-refractivity contribution in [3.8, 4) is 0 Å². The van der Waals surface area contributed by atoms with Gasteiger partial charge in [-0.15, -0.1) is 0 Å². The Bertz CT molecular complexity index is 1100. The van der Waals surface area contributed by atoms with Gasteiger partial charge in [-0.1, -0.05) is 34.1 Å². The summed E-state index contributed by atoms with van der Waals surface area (Å²) in [6, 6.07) is 9.35. The molecule has 2 heterocycles. The number of H-pyrrole nitrogens is 1. The number of ether oxygens (including phenoxy) is 2. The Morgan fingerprint density at radius 2 is 1.93 bits per heavy atom. The van der Waals surface area contributed by atoms with Crippen LogP contribution in [0.3, 0.4) is 0 Å². The molecule has 0 radical (unpaired) electrons. The van der Waals surface area contributed by atoms with Gasteiger partial charge < -0.3 is 9.47 Å². The minimum absolute atomic E-state index is 0.315. The summed E-state index contributed by atoms with van der Waals surface area (Å²) in [6.45, 7) is -0.315. The van der Waals surface area contributed by atoms with Gasteiger partial charge in [0.2, 0.25) is 0 Å². The van der Waals surface area contributed by atoms with Crippen LogP contribution in [-0.2, 0) is 23.8 Å². The van der Waals surface area contributed by atoms with Crippen LogP contribution >= 0.6 is 15.9 Å². The highest BCUT2D eigenvalue weighted by Crippen LogP contribution is 2.36. The van der Waals surface area contributed by atoms with E-state index in [1.165, 1.54) is 6.20 Å². The highest BCUT2D eigenvalue weighted by Gasteiger charge is 2.47. The van der Waals surface area contributed by atoms with Crippen LogP contribution in [0, 0.1) is 0 Å². The second kappa shape index (κ2) is 8.61. The van der Waals surface area contributed by atoms with Gasteiger partial charge in [-0.3, -0.25) is 18.5 Å². The van der Waals surface area contributed by atoms with E-state index in [2.05, 4.69) is 20.9 Å². The first-order chi connectivity index (χ1) is 13.7. The van der Waals surface area contributed by atoms with Crippen LogP contribution in [0.2, 0.25) is 0 Å². The zero-order valence-corrected chi connectivity index (χ0v) is 17.5. The summed E-state index contributed by atoms with van der Waals surface area (Å²) >= 11 is 3.30. The van der Waals surface area contributed by atoms with Gasteiger partial charge in [0.1, 0.15) is 18.8 Å². The zero-order chi connectivity index (χ0) is 21.2. The van der Waals surface area contributed by atoms with Gasteiger partial charge in [-0.2, -0.15) is 8.42 Å². The van der Waals surface area contributed by atoms with Crippen molar-refractivity contribution in [3.63, 3.8) is 0 Å². The predicted octanol–water partition coefficient (Wildman–Crippen LogP) is 0.399. The lowest BCUT2D eigenvalue weighted by atomic mass is 10.2. The third kappa shape index (κ3) is 5.21. The normalized spacial score (nSPS) is 24.3. The van der Waals surface area contributed by atoms with E-state index in [0.29, 0.717) is 5.56 Å². The van der Waals surface area contributed by atoms with Crippen molar-refractivity contribution in [1.29, 1.82) is 0 Å². The van der Waals surface area contributed by atoms with Crippen molar-refractivity contribution in [2.24, 2.45) is 0 Å². The molecule has 29 heavy (non-hydrogen) atoms. The largest absolute Gasteiger partial charge is 0.459 e. The number of rotatable bonds is 6. The molecule has 1 fully saturated rings. The molecule has 1 aromatic heterocycles. The van der Waals surface area contributed by atoms with Gasteiger partial charge in [-0.25, -0.2) is 9.59 Å². The Labute approximate surface area is 173 Å². The fourth-order valence-corrected chi connectivity index (χ4v) is 4.43. The van der Waals surface area contributed by atoms with Crippen LogP contribution in [0.15, 0.2) is 52.2 Å². The van der Waals surface area contributed by atoms with Gasteiger partial charge in [0.05, 0.1) is 16.6 Å². The molecule has 1 saturated heterocycles. The zero-order valence-electron chi connectivity index (χ0n) is 15.1. The summed E-state index contributed by atoms with van der Waals surface area (Å²) in [6.07, 6.45) is -0.996. The van der Waals surface area contributed by atoms with Crippen LogP contribution in [-0.4, -0.2) is 53.8 Å². The second-order valence-electron chi connectivity index (χ2n) is 6.26. The average Bonchev–Trinajstić information content (AvgIpc) is 2.95. The Morgan fingerprint density at radius 3 is 2.55 bits per heavy atom. The summed E-state index contributed by atoms with van der Waals surface area (Å²) in [5.41, 5.74) is -1.02. The maximum Gasteiger partial charge on any atom is 0.338 e. The quantitative estimate of drug-likeness (QED) is 0.350. The molecule has 4 atom stereocenters. The summed E-state index contributed by atoms with van der Waals surface area (Å²) in [5.74, 6) is -0.622. The van der Waals surface area contributed by atoms with Crippen LogP contribution in [0.25, 0.3) is 0 Å². The molecule has 2 aromatic rings. The third-order valence-corrected chi connectivity index (χ3v) is 5.61. The maximum absolute atomic E-state index is 12.2. The fourth-order valence-electron chi connectivity index (χ4n) is 2.81. The minimum atomic E-state index is -3.88. The monoisotopic (exact) mass is 488 g/mol. The number of carbonyl (C=O) groups excluding carboxylic acids is 1. The molecule has 0 unspecified atom stereocenters. The molecule has 0 bridgehead atoms. The standard InChI is InChI=1S/C17H17BrN2O8S/c1-29(24,25)28-14-11(9-26-16(22)10-5-3-2-4-6-10)27-15(13(14)18)20-8-7-12(21)19-17(20)23/h2-8,11,13-15H,9H2,1H3,(H,19,21,23)/t11-,13-,14-,15-/m1/s1. The van der Waals surface area contributed by atoms with E-state index in [1.54, 1.807) is 30.3 Å². The van der Waals surface area contributed by atoms with Crippen molar-refractivity contribution in [1.82, 2.24) is 9.55 Å². The van der Waals surface area contributed by atoms with E-state index < -0.39 is 50.6 Å². The molecule has 1 N–H and O–H groups in total.